The second-order valence-corrected chi connectivity index (χ2v) is 35.8. The van der Waals surface area contributed by atoms with Crippen molar-refractivity contribution < 1.29 is 54.2 Å². The van der Waals surface area contributed by atoms with E-state index in [9.17, 15) is 44.4 Å². The van der Waals surface area contributed by atoms with E-state index >= 15 is 0 Å². The SMILES string of the molecule is [C-]#[N+]/C(=C\c1c(-c2ccc(C)cc2)c2c(N)ncnc2n1CCCO)C(=O)N(C)CCO.[C-]#[N+]/C(=C\c1c(-c2ccc(C)cc2)c2c(N)ncnc2n1CCCO)C(=O)NC(C)(C)C(=O)OCC=C.[C-]#[N+]/C(=C\c1c(-c2ccc(C)cc2)c2c(N)ncnc2n1CCCO)C(=O)NC12CC3CC(CC(C3)C1)C2.[C-]#[N+]C(Cc1c(-c2ccc(C)cc2)c2c(N)ncnc2n1CCCO)C(=O)NC(C)C. The van der Waals surface area contributed by atoms with Crippen LogP contribution in [0.2, 0.25) is 0 Å². The molecule has 0 radical (unpaired) electrons. The molecule has 1 unspecified atom stereocenters. The minimum atomic E-state index is -1.39. The lowest BCUT2D eigenvalue weighted by Gasteiger charge is -2.57. The lowest BCUT2D eigenvalue weighted by atomic mass is 9.53. The maximum absolute atomic E-state index is 13.7. The van der Waals surface area contributed by atoms with Crippen LogP contribution < -0.4 is 38.9 Å². The third-order valence-corrected chi connectivity index (χ3v) is 24.8. The lowest BCUT2D eigenvalue weighted by molar-refractivity contribution is -0.150. The fraction of sp³-hybridized carbons (Fsp3) is 0.369. The number of aliphatic hydroxyl groups excluding tert-OH is 5. The third kappa shape index (κ3) is 22.9. The largest absolute Gasteiger partial charge is 0.460 e. The van der Waals surface area contributed by atoms with E-state index in [4.69, 9.17) is 59.1 Å². The van der Waals surface area contributed by atoms with Crippen molar-refractivity contribution in [1.29, 1.82) is 0 Å². The van der Waals surface area contributed by atoms with Gasteiger partial charge in [-0.05, 0) is 178 Å². The average Bonchev–Trinajstić information content (AvgIpc) is 1.42. The number of hydrogen-bond donors (Lipinski definition) is 12. The molecule has 4 bridgehead atoms. The highest BCUT2D eigenvalue weighted by atomic mass is 16.5. The summed E-state index contributed by atoms with van der Waals surface area (Å²) >= 11 is 0. The Morgan fingerprint density at radius 2 is 0.841 bits per heavy atom. The fourth-order valence-corrected chi connectivity index (χ4v) is 18.8. The predicted octanol–water partition coefficient (Wildman–Crippen LogP) is 12.8. The van der Waals surface area contributed by atoms with Gasteiger partial charge in [-0.25, -0.2) is 65.8 Å². The van der Waals surface area contributed by atoms with Crippen LogP contribution in [-0.4, -0.2) is 195 Å². The molecule has 4 aliphatic rings. The zero-order chi connectivity index (χ0) is 99.4. The first kappa shape index (κ1) is 102. The van der Waals surface area contributed by atoms with Gasteiger partial charge in [0.15, 0.2) is 0 Å². The first-order chi connectivity index (χ1) is 66.3. The number of aliphatic hydroxyl groups is 5. The summed E-state index contributed by atoms with van der Waals surface area (Å²) in [6.45, 7) is 50.7. The van der Waals surface area contributed by atoms with Crippen molar-refractivity contribution in [1.82, 2.24) is 79.0 Å². The van der Waals surface area contributed by atoms with Gasteiger partial charge in [-0.1, -0.05) is 132 Å². The van der Waals surface area contributed by atoms with Gasteiger partial charge in [-0.3, -0.25) is 19.2 Å². The molecule has 4 aromatic carbocycles. The number of anilines is 4. The molecule has 8 aromatic heterocycles. The number of aryl methyl sites for hydroxylation is 8. The number of esters is 1. The van der Waals surface area contributed by atoms with Gasteiger partial charge >= 0.3 is 17.9 Å². The summed E-state index contributed by atoms with van der Waals surface area (Å²) in [4.78, 5) is 115. The van der Waals surface area contributed by atoms with Crippen molar-refractivity contribution in [3.63, 3.8) is 0 Å². The molecule has 16 N–H and O–H groups in total. The molecule has 1 atom stereocenters. The fourth-order valence-electron chi connectivity index (χ4n) is 18.8. The summed E-state index contributed by atoms with van der Waals surface area (Å²) in [5.74, 6) is 0.770. The van der Waals surface area contributed by atoms with Gasteiger partial charge in [0.1, 0.15) is 83.3 Å². The van der Waals surface area contributed by atoms with Crippen molar-refractivity contribution in [3.05, 3.63) is 243 Å². The molecule has 35 nitrogen and oxygen atoms in total. The Bertz CT molecular complexity index is 6740. The van der Waals surface area contributed by atoms with Crippen LogP contribution in [0.5, 0.6) is 0 Å². The van der Waals surface area contributed by atoms with Crippen LogP contribution in [0.3, 0.4) is 0 Å². The number of fused-ring (bicyclic) bond motifs is 4. The Balaban J connectivity index is 0.000000166. The number of nitrogen functional groups attached to an aromatic ring is 4. The molecule has 16 rings (SSSR count). The molecule has 8 heterocycles. The smallest absolute Gasteiger partial charge is 0.331 e. The summed E-state index contributed by atoms with van der Waals surface area (Å²) < 4.78 is 12.6. The summed E-state index contributed by atoms with van der Waals surface area (Å²) in [6, 6.07) is 30.7. The number of carbonyl (C=O) groups is 5. The van der Waals surface area contributed by atoms with E-state index in [1.165, 1.54) is 88.6 Å². The average molecular weight is 1870 g/mol. The Morgan fingerprint density at radius 3 is 1.17 bits per heavy atom. The van der Waals surface area contributed by atoms with Gasteiger partial charge in [0, 0.05) is 123 Å². The molecule has 716 valence electrons. The zero-order valence-electron chi connectivity index (χ0n) is 79.1. The number of amides is 4. The monoisotopic (exact) mass is 1870 g/mol. The second-order valence-electron chi connectivity index (χ2n) is 35.8. The molecule has 0 aliphatic heterocycles. The minimum absolute atomic E-state index is 0.00300. The number of carbonyl (C=O) groups excluding carboxylic acids is 5. The van der Waals surface area contributed by atoms with Gasteiger partial charge in [-0.15, -0.1) is 0 Å². The molecule has 12 aromatic rings. The molecular weight excluding hydrogens is 1750 g/mol. The quantitative estimate of drug-likeness (QED) is 0.00786. The lowest BCUT2D eigenvalue weighted by Crippen LogP contribution is -2.59. The van der Waals surface area contributed by atoms with Crippen LogP contribution in [0, 0.1) is 71.7 Å². The maximum Gasteiger partial charge on any atom is 0.331 e. The van der Waals surface area contributed by atoms with E-state index in [0.29, 0.717) is 148 Å². The first-order valence-electron chi connectivity index (χ1n) is 45.8. The van der Waals surface area contributed by atoms with Crippen molar-refractivity contribution >= 4 is 115 Å². The van der Waals surface area contributed by atoms with Gasteiger partial charge in [-0.2, -0.15) is 0 Å². The molecule has 4 aliphatic carbocycles. The zero-order valence-corrected chi connectivity index (χ0v) is 79.1. The summed E-state index contributed by atoms with van der Waals surface area (Å²) in [6.07, 6.45) is 20.6. The number of aromatic nitrogens is 12. The van der Waals surface area contributed by atoms with E-state index in [2.05, 4.69) is 81.8 Å². The van der Waals surface area contributed by atoms with Gasteiger partial charge in [0.2, 0.25) is 0 Å². The highest BCUT2D eigenvalue weighted by Crippen LogP contribution is 2.56. The van der Waals surface area contributed by atoms with Crippen molar-refractivity contribution in [2.75, 3.05) is 76.2 Å². The number of benzene rings is 4. The Morgan fingerprint density at radius 1 is 0.507 bits per heavy atom. The Labute approximate surface area is 800 Å². The summed E-state index contributed by atoms with van der Waals surface area (Å²) in [5, 5.41) is 58.5. The molecule has 0 saturated heterocycles. The Kier molecular flexibility index (Phi) is 33.7. The topological polar surface area (TPSA) is 479 Å². The van der Waals surface area contributed by atoms with E-state index in [1.807, 2.05) is 152 Å². The molecule has 0 spiro atoms. The van der Waals surface area contributed by atoms with Gasteiger partial charge < -0.3 is 97.2 Å². The van der Waals surface area contributed by atoms with Crippen molar-refractivity contribution in [2.24, 2.45) is 17.8 Å². The van der Waals surface area contributed by atoms with Crippen LogP contribution >= 0.6 is 0 Å². The van der Waals surface area contributed by atoms with Gasteiger partial charge in [0.05, 0.1) is 54.3 Å². The molecule has 4 saturated carbocycles. The van der Waals surface area contributed by atoms with Crippen molar-refractivity contribution in [3.8, 4) is 44.5 Å². The number of nitrogens with zero attached hydrogens (tertiary/aromatic N) is 17. The molecular formula is C103H118N24O11. The molecule has 35 heteroatoms. The number of likely N-dealkylation sites (N-methyl/N-ethyl adjacent to an activating group) is 1. The minimum Gasteiger partial charge on any atom is -0.460 e. The maximum atomic E-state index is 13.7. The summed E-state index contributed by atoms with van der Waals surface area (Å²) in [7, 11) is 1.53. The third-order valence-electron chi connectivity index (χ3n) is 24.8. The normalized spacial score (nSPS) is 15.7. The number of hydrogen-bond acceptors (Lipinski definition) is 23. The van der Waals surface area contributed by atoms with Crippen LogP contribution in [0.15, 0.2) is 152 Å². The second kappa shape index (κ2) is 45.8. The molecule has 4 amide bonds. The first-order valence-corrected chi connectivity index (χ1v) is 45.8. The van der Waals surface area contributed by atoms with Crippen molar-refractivity contribution in [2.45, 2.75) is 175 Å². The van der Waals surface area contributed by atoms with E-state index in [0.717, 1.165) is 86.2 Å². The predicted molar refractivity (Wildman–Crippen MR) is 534 cm³/mol. The molecule has 4 fully saturated rings. The van der Waals surface area contributed by atoms with E-state index in [1.54, 1.807) is 10.6 Å². The molecule has 138 heavy (non-hydrogen) atoms. The van der Waals surface area contributed by atoms with Crippen LogP contribution in [0.25, 0.3) is 126 Å². The van der Waals surface area contributed by atoms with Crippen LogP contribution in [0.4, 0.5) is 23.3 Å². The van der Waals surface area contributed by atoms with E-state index < -0.39 is 29.4 Å². The van der Waals surface area contributed by atoms with E-state index in [-0.39, 0.29) is 105 Å². The number of rotatable bonds is 33. The Hall–Kier alpha value is -15.4. The highest BCUT2D eigenvalue weighted by Gasteiger charge is 2.52. The van der Waals surface area contributed by atoms with Crippen LogP contribution in [-0.2, 0) is 61.3 Å². The summed E-state index contributed by atoms with van der Waals surface area (Å²) in [5.41, 5.74) is 39.0. The number of nitrogens with one attached hydrogen (secondary N) is 3. The standard InChI is InChI=1S/C30H34N6O2.C27H30N6O4.C23H26N6O3.C23H28N6O2/c1-18-4-6-22(7-5-18)25-24(36(8-3-9-37)28-26(25)27(31)33-17-34-28)13-23(32-2)29(38)35-30-14-19-10-20(15-30)12-21(11-19)16-30;1-6-14-37-26(36)27(3,4)32-25(35)19(29-5)15-20-21(18-10-8-17(2)9-11-18)22-23(28)30-16-31-24(22)33(20)12-7-13-34;1-15-5-7-16(8-6-15)19-18(13-17(25-2)23(32)28(3)10-12-31)29(9-4-11-30)22-20(19)21(24)26-14-27-22;1-14(2)28-23(31)17(25-4)12-18-19(16-8-6-15(3)7-9-16)20-21(24)26-13-27-22(20)29(18)10-5-11-30/h4-7,13,17,19-21,37H,3,8-12,14-16H2,1H3,(H,35,38)(H2,31,33,34);6,8-11,15-16,34H,1,7,12-14H2,2-4H3,(H,32,35)(H2,28,30,31);5-8,13-14,30-31H,4,9-12H2,1,3H3,(H2,24,26,27);6-9,13-14,17,30H,5,10-12H2,1-3H3,(H,28,31)(H2,24,26,27)/b23-13-;19-15-;17-13-;. The number of ether oxygens (including phenoxy) is 1. The van der Waals surface area contributed by atoms with Crippen LogP contribution in [0.1, 0.15) is 137 Å². The highest BCUT2D eigenvalue weighted by molar-refractivity contribution is 6.11. The number of nitrogens with two attached hydrogens (primary N) is 4. The van der Waals surface area contributed by atoms with Gasteiger partial charge in [0.25, 0.3) is 34.8 Å².